The number of benzene rings is 6. The quantitative estimate of drug-likeness (QED) is 0.134. The second kappa shape index (κ2) is 5.67. The van der Waals surface area contributed by atoms with Crippen molar-refractivity contribution in [2.45, 2.75) is 0 Å². The molecule has 0 bridgehead atoms. The average molecular weight is 454 g/mol. The number of rotatable bonds is 1. The van der Waals surface area contributed by atoms with Crippen molar-refractivity contribution in [3.8, 4) is 11.1 Å². The minimum atomic E-state index is 1.27. The molecule has 6 rings (SSSR count). The van der Waals surface area contributed by atoms with E-state index in [0.29, 0.717) is 0 Å². The van der Waals surface area contributed by atoms with Crippen LogP contribution in [0.1, 0.15) is 0 Å². The molecule has 0 unspecified atom stereocenters. The van der Waals surface area contributed by atoms with E-state index >= 15 is 0 Å². The highest BCUT2D eigenvalue weighted by molar-refractivity contribution is 14.1. The summed E-state index contributed by atoms with van der Waals surface area (Å²) in [6.07, 6.45) is 0. The Bertz CT molecular complexity index is 1460. The lowest BCUT2D eigenvalue weighted by Crippen LogP contribution is -1.89. The van der Waals surface area contributed by atoms with Gasteiger partial charge in [-0.15, -0.1) is 0 Å². The molecule has 0 aliphatic heterocycles. The van der Waals surface area contributed by atoms with Crippen LogP contribution < -0.4 is 0 Å². The second-order valence-electron chi connectivity index (χ2n) is 7.15. The standard InChI is InChI=1S/C26H15I/c27-20-13-18-9-5-10-21-23-14-19(16-6-2-1-3-7-16)12-17-8-4-11-22(25(17)23)24(15-20)26(18)21/h1-15H. The van der Waals surface area contributed by atoms with Gasteiger partial charge in [0.15, 0.2) is 0 Å². The van der Waals surface area contributed by atoms with Gasteiger partial charge in [0.25, 0.3) is 0 Å². The molecular weight excluding hydrogens is 439 g/mol. The minimum Gasteiger partial charge on any atom is -0.0622 e. The zero-order chi connectivity index (χ0) is 18.0. The Labute approximate surface area is 170 Å². The molecule has 0 aliphatic rings. The highest BCUT2D eigenvalue weighted by atomic mass is 127. The molecule has 6 aromatic rings. The van der Waals surface area contributed by atoms with Gasteiger partial charge in [-0.05, 0) is 101 Å². The lowest BCUT2D eigenvalue weighted by Gasteiger charge is -2.16. The lowest BCUT2D eigenvalue weighted by atomic mass is 9.88. The van der Waals surface area contributed by atoms with Crippen LogP contribution in [0.15, 0.2) is 91.0 Å². The largest absolute Gasteiger partial charge is 0.0622 e. The van der Waals surface area contributed by atoms with Gasteiger partial charge in [-0.25, -0.2) is 0 Å². The molecule has 0 radical (unpaired) electrons. The molecule has 0 nitrogen and oxygen atoms in total. The smallest absolute Gasteiger partial charge is 0.0142 e. The molecule has 0 saturated carbocycles. The number of fused-ring (bicyclic) bond motifs is 2. The summed E-state index contributed by atoms with van der Waals surface area (Å²) >= 11 is 2.43. The maximum atomic E-state index is 2.43. The van der Waals surface area contributed by atoms with Crippen molar-refractivity contribution in [3.05, 3.63) is 94.6 Å². The highest BCUT2D eigenvalue weighted by Crippen LogP contribution is 2.42. The number of halogens is 1. The van der Waals surface area contributed by atoms with Gasteiger partial charge in [0, 0.05) is 3.57 Å². The molecule has 0 saturated heterocycles. The van der Waals surface area contributed by atoms with Crippen molar-refractivity contribution in [1.82, 2.24) is 0 Å². The molecule has 126 valence electrons. The summed E-state index contributed by atoms with van der Waals surface area (Å²) in [6, 6.07) is 33.4. The van der Waals surface area contributed by atoms with Crippen molar-refractivity contribution in [2.24, 2.45) is 0 Å². The average Bonchev–Trinajstić information content (AvgIpc) is 2.71. The summed E-state index contributed by atoms with van der Waals surface area (Å²) in [5.41, 5.74) is 2.54. The minimum absolute atomic E-state index is 1.27. The van der Waals surface area contributed by atoms with Gasteiger partial charge in [-0.3, -0.25) is 0 Å². The Kier molecular flexibility index (Phi) is 3.24. The summed E-state index contributed by atoms with van der Waals surface area (Å²) in [6.45, 7) is 0. The van der Waals surface area contributed by atoms with Crippen molar-refractivity contribution in [1.29, 1.82) is 0 Å². The van der Waals surface area contributed by atoms with E-state index in [1.54, 1.807) is 0 Å². The van der Waals surface area contributed by atoms with Crippen LogP contribution >= 0.6 is 22.6 Å². The molecule has 0 fully saturated rings. The Morgan fingerprint density at radius 2 is 1.07 bits per heavy atom. The van der Waals surface area contributed by atoms with Crippen LogP contribution in [-0.2, 0) is 0 Å². The number of hydrogen-bond acceptors (Lipinski definition) is 0. The summed E-state index contributed by atoms with van der Waals surface area (Å²) in [5.74, 6) is 0. The van der Waals surface area contributed by atoms with Crippen LogP contribution in [-0.4, -0.2) is 0 Å². The van der Waals surface area contributed by atoms with E-state index in [1.807, 2.05) is 0 Å². The molecule has 6 aromatic carbocycles. The predicted molar refractivity (Wildman–Crippen MR) is 126 cm³/mol. The molecule has 0 aliphatic carbocycles. The van der Waals surface area contributed by atoms with Gasteiger partial charge < -0.3 is 0 Å². The van der Waals surface area contributed by atoms with Crippen LogP contribution in [0.2, 0.25) is 0 Å². The maximum absolute atomic E-state index is 2.43. The van der Waals surface area contributed by atoms with E-state index in [4.69, 9.17) is 0 Å². The van der Waals surface area contributed by atoms with Crippen LogP contribution in [0.25, 0.3) is 54.2 Å². The Hall–Kier alpha value is -2.65. The van der Waals surface area contributed by atoms with E-state index in [2.05, 4.69) is 114 Å². The molecule has 27 heavy (non-hydrogen) atoms. The van der Waals surface area contributed by atoms with E-state index in [1.165, 1.54) is 57.8 Å². The summed E-state index contributed by atoms with van der Waals surface area (Å²) in [7, 11) is 0. The fraction of sp³-hybridized carbons (Fsp3) is 0. The van der Waals surface area contributed by atoms with Crippen molar-refractivity contribution in [3.63, 3.8) is 0 Å². The van der Waals surface area contributed by atoms with Gasteiger partial charge in [0.05, 0.1) is 0 Å². The fourth-order valence-corrected chi connectivity index (χ4v) is 5.14. The highest BCUT2D eigenvalue weighted by Gasteiger charge is 2.14. The number of hydrogen-bond donors (Lipinski definition) is 0. The molecule has 0 atom stereocenters. The van der Waals surface area contributed by atoms with Crippen LogP contribution in [0.3, 0.4) is 0 Å². The van der Waals surface area contributed by atoms with Crippen molar-refractivity contribution in [2.75, 3.05) is 0 Å². The third-order valence-electron chi connectivity index (χ3n) is 5.61. The van der Waals surface area contributed by atoms with Gasteiger partial charge >= 0.3 is 0 Å². The molecule has 0 amide bonds. The van der Waals surface area contributed by atoms with Crippen LogP contribution in [0.4, 0.5) is 0 Å². The molecule has 0 spiro atoms. The molecule has 1 heteroatoms. The molecule has 0 heterocycles. The SMILES string of the molecule is Ic1cc2cccc3c4cc(-c5ccccc5)cc5cccc(c(c1)c23)c54. The second-order valence-corrected chi connectivity index (χ2v) is 8.40. The van der Waals surface area contributed by atoms with Gasteiger partial charge in [0.2, 0.25) is 0 Å². The molecule has 0 N–H and O–H groups in total. The first kappa shape index (κ1) is 15.4. The van der Waals surface area contributed by atoms with Crippen molar-refractivity contribution < 1.29 is 0 Å². The molecular formula is C26H15I. The monoisotopic (exact) mass is 454 g/mol. The van der Waals surface area contributed by atoms with E-state index in [0.717, 1.165) is 0 Å². The van der Waals surface area contributed by atoms with E-state index < -0.39 is 0 Å². The third kappa shape index (κ3) is 2.21. The predicted octanol–water partition coefficient (Wildman–Crippen LogP) is 8.01. The molecule has 0 aromatic heterocycles. The Morgan fingerprint density at radius 1 is 0.444 bits per heavy atom. The van der Waals surface area contributed by atoms with Gasteiger partial charge in [-0.2, -0.15) is 0 Å². The van der Waals surface area contributed by atoms with Crippen molar-refractivity contribution >= 4 is 65.7 Å². The first-order valence-corrected chi connectivity index (χ1v) is 10.2. The van der Waals surface area contributed by atoms with Gasteiger partial charge in [0.1, 0.15) is 0 Å². The first-order valence-electron chi connectivity index (χ1n) is 9.15. The third-order valence-corrected chi connectivity index (χ3v) is 6.23. The zero-order valence-electron chi connectivity index (χ0n) is 14.5. The normalized spacial score (nSPS) is 11.9. The fourth-order valence-electron chi connectivity index (χ4n) is 4.49. The van der Waals surface area contributed by atoms with E-state index in [-0.39, 0.29) is 0 Å². The maximum Gasteiger partial charge on any atom is 0.0142 e. The summed E-state index contributed by atoms with van der Waals surface area (Å²) in [4.78, 5) is 0. The Morgan fingerprint density at radius 3 is 1.78 bits per heavy atom. The Balaban J connectivity index is 1.90. The summed E-state index contributed by atoms with van der Waals surface area (Å²) in [5, 5.41) is 10.8. The first-order chi connectivity index (χ1) is 13.3. The topological polar surface area (TPSA) is 0 Å². The van der Waals surface area contributed by atoms with Gasteiger partial charge in [-0.1, -0.05) is 66.7 Å². The van der Waals surface area contributed by atoms with Crippen LogP contribution in [0, 0.1) is 3.57 Å². The lowest BCUT2D eigenvalue weighted by molar-refractivity contribution is 1.66. The van der Waals surface area contributed by atoms with Crippen LogP contribution in [0.5, 0.6) is 0 Å². The van der Waals surface area contributed by atoms with E-state index in [9.17, 15) is 0 Å². The summed E-state index contributed by atoms with van der Waals surface area (Å²) < 4.78 is 1.29. The zero-order valence-corrected chi connectivity index (χ0v) is 16.7.